The largest absolute Gasteiger partial charge is 0.316 e. The van der Waals surface area contributed by atoms with E-state index in [-0.39, 0.29) is 0 Å². The normalized spacial score (nSPS) is 20.5. The summed E-state index contributed by atoms with van der Waals surface area (Å²) in [7, 11) is 0. The van der Waals surface area contributed by atoms with E-state index in [1.165, 1.54) is 10.7 Å². The van der Waals surface area contributed by atoms with Gasteiger partial charge in [-0.15, -0.1) is 11.3 Å². The van der Waals surface area contributed by atoms with Crippen LogP contribution in [0.1, 0.15) is 17.6 Å². The zero-order valence-electron chi connectivity index (χ0n) is 7.55. The molecule has 0 aromatic carbocycles. The Morgan fingerprint density at radius 1 is 1.67 bits per heavy atom. The first-order chi connectivity index (χ1) is 5.68. The van der Waals surface area contributed by atoms with E-state index in [0.29, 0.717) is 5.41 Å². The zero-order valence-corrected chi connectivity index (χ0v) is 8.37. The Morgan fingerprint density at radius 3 is 2.83 bits per heavy atom. The van der Waals surface area contributed by atoms with Crippen molar-refractivity contribution in [3.63, 3.8) is 0 Å². The summed E-state index contributed by atoms with van der Waals surface area (Å²) in [6.07, 6.45) is 1.13. The van der Waals surface area contributed by atoms with Gasteiger partial charge in [0.2, 0.25) is 0 Å². The molecule has 1 aromatic heterocycles. The molecule has 0 atom stereocenters. The fourth-order valence-electron chi connectivity index (χ4n) is 1.60. The molecule has 1 N–H and O–H groups in total. The third-order valence-electron chi connectivity index (χ3n) is 2.38. The van der Waals surface area contributed by atoms with Gasteiger partial charge in [-0.2, -0.15) is 0 Å². The van der Waals surface area contributed by atoms with Gasteiger partial charge < -0.3 is 5.32 Å². The summed E-state index contributed by atoms with van der Waals surface area (Å²) in [5.41, 5.74) is 1.74. The quantitative estimate of drug-likeness (QED) is 0.751. The lowest BCUT2D eigenvalue weighted by atomic mass is 9.80. The highest BCUT2D eigenvalue weighted by Crippen LogP contribution is 2.26. The van der Waals surface area contributed by atoms with Gasteiger partial charge in [0.05, 0.1) is 10.7 Å². The van der Waals surface area contributed by atoms with E-state index in [0.717, 1.165) is 19.5 Å². The van der Waals surface area contributed by atoms with Crippen LogP contribution in [0.5, 0.6) is 0 Å². The molecule has 0 saturated carbocycles. The van der Waals surface area contributed by atoms with Crippen molar-refractivity contribution in [2.75, 3.05) is 13.1 Å². The SMILES string of the molecule is Cc1nc(CC2(C)CNC2)cs1. The molecule has 1 aromatic rings. The summed E-state index contributed by atoms with van der Waals surface area (Å²) in [4.78, 5) is 4.47. The van der Waals surface area contributed by atoms with Crippen LogP contribution in [0.4, 0.5) is 0 Å². The second-order valence-electron chi connectivity index (χ2n) is 3.95. The van der Waals surface area contributed by atoms with Crippen LogP contribution in [0.3, 0.4) is 0 Å². The van der Waals surface area contributed by atoms with Crippen molar-refractivity contribution in [3.8, 4) is 0 Å². The Morgan fingerprint density at radius 2 is 2.42 bits per heavy atom. The van der Waals surface area contributed by atoms with Crippen molar-refractivity contribution in [2.24, 2.45) is 5.41 Å². The Balaban J connectivity index is 2.03. The standard InChI is InChI=1S/C9H14N2S/c1-7-11-8(4-12-7)3-9(2)5-10-6-9/h4,10H,3,5-6H2,1-2H3. The van der Waals surface area contributed by atoms with E-state index >= 15 is 0 Å². The van der Waals surface area contributed by atoms with E-state index in [4.69, 9.17) is 0 Å². The summed E-state index contributed by atoms with van der Waals surface area (Å²) < 4.78 is 0. The number of rotatable bonds is 2. The minimum absolute atomic E-state index is 0.473. The Labute approximate surface area is 77.0 Å². The van der Waals surface area contributed by atoms with Crippen LogP contribution in [-0.2, 0) is 6.42 Å². The van der Waals surface area contributed by atoms with E-state index in [9.17, 15) is 0 Å². The molecule has 0 radical (unpaired) electrons. The molecule has 3 heteroatoms. The molecular weight excluding hydrogens is 168 g/mol. The first-order valence-electron chi connectivity index (χ1n) is 4.30. The molecule has 2 nitrogen and oxygen atoms in total. The van der Waals surface area contributed by atoms with Gasteiger partial charge in [-0.05, 0) is 18.8 Å². The van der Waals surface area contributed by atoms with E-state index in [1.807, 2.05) is 0 Å². The number of aryl methyl sites for hydroxylation is 1. The molecule has 1 aliphatic rings. The average molecular weight is 182 g/mol. The van der Waals surface area contributed by atoms with Gasteiger partial charge in [0.1, 0.15) is 0 Å². The lowest BCUT2D eigenvalue weighted by molar-refractivity contribution is 0.194. The smallest absolute Gasteiger partial charge is 0.0897 e. The Bertz CT molecular complexity index is 276. The summed E-state index contributed by atoms with van der Waals surface area (Å²) in [5.74, 6) is 0. The number of aromatic nitrogens is 1. The predicted octanol–water partition coefficient (Wildman–Crippen LogP) is 1.60. The van der Waals surface area contributed by atoms with Gasteiger partial charge in [0.15, 0.2) is 0 Å². The summed E-state index contributed by atoms with van der Waals surface area (Å²) in [5, 5.41) is 6.67. The topological polar surface area (TPSA) is 24.9 Å². The van der Waals surface area contributed by atoms with Crippen LogP contribution in [0, 0.1) is 12.3 Å². The van der Waals surface area contributed by atoms with Gasteiger partial charge >= 0.3 is 0 Å². The number of hydrogen-bond donors (Lipinski definition) is 1. The van der Waals surface area contributed by atoms with Crippen molar-refractivity contribution in [2.45, 2.75) is 20.3 Å². The summed E-state index contributed by atoms with van der Waals surface area (Å²) in [6, 6.07) is 0. The van der Waals surface area contributed by atoms with Crippen LogP contribution < -0.4 is 5.32 Å². The second-order valence-corrected chi connectivity index (χ2v) is 5.01. The molecule has 1 fully saturated rings. The third kappa shape index (κ3) is 1.52. The minimum atomic E-state index is 0.473. The molecular formula is C9H14N2S. The molecule has 66 valence electrons. The molecule has 1 aliphatic heterocycles. The highest BCUT2D eigenvalue weighted by molar-refractivity contribution is 7.09. The molecule has 0 aliphatic carbocycles. The summed E-state index contributed by atoms with van der Waals surface area (Å²) >= 11 is 1.75. The maximum Gasteiger partial charge on any atom is 0.0897 e. The highest BCUT2D eigenvalue weighted by Gasteiger charge is 2.32. The van der Waals surface area contributed by atoms with E-state index in [1.54, 1.807) is 11.3 Å². The maximum atomic E-state index is 4.47. The second kappa shape index (κ2) is 2.82. The first-order valence-corrected chi connectivity index (χ1v) is 5.18. The Hall–Kier alpha value is -0.410. The van der Waals surface area contributed by atoms with Crippen molar-refractivity contribution in [1.82, 2.24) is 10.3 Å². The first kappa shape index (κ1) is 8.20. The van der Waals surface area contributed by atoms with Crippen LogP contribution >= 0.6 is 11.3 Å². The maximum absolute atomic E-state index is 4.47. The third-order valence-corrected chi connectivity index (χ3v) is 3.20. The van der Waals surface area contributed by atoms with Gasteiger partial charge in [0, 0.05) is 18.5 Å². The van der Waals surface area contributed by atoms with Crippen LogP contribution in [0.15, 0.2) is 5.38 Å². The van der Waals surface area contributed by atoms with Crippen LogP contribution in [0.2, 0.25) is 0 Å². The molecule has 2 rings (SSSR count). The van der Waals surface area contributed by atoms with Gasteiger partial charge in [0.25, 0.3) is 0 Å². The molecule has 12 heavy (non-hydrogen) atoms. The fourth-order valence-corrected chi connectivity index (χ4v) is 2.22. The van der Waals surface area contributed by atoms with E-state index < -0.39 is 0 Å². The number of thiazole rings is 1. The minimum Gasteiger partial charge on any atom is -0.316 e. The van der Waals surface area contributed by atoms with Crippen molar-refractivity contribution < 1.29 is 0 Å². The lowest BCUT2D eigenvalue weighted by Crippen LogP contribution is -2.52. The number of nitrogens with zero attached hydrogens (tertiary/aromatic N) is 1. The molecule has 0 unspecified atom stereocenters. The molecule has 0 bridgehead atoms. The van der Waals surface area contributed by atoms with E-state index in [2.05, 4.69) is 29.5 Å². The molecule has 2 heterocycles. The van der Waals surface area contributed by atoms with Gasteiger partial charge in [-0.1, -0.05) is 6.92 Å². The zero-order chi connectivity index (χ0) is 8.60. The highest BCUT2D eigenvalue weighted by atomic mass is 32.1. The van der Waals surface area contributed by atoms with Crippen molar-refractivity contribution in [3.05, 3.63) is 16.1 Å². The molecule has 0 spiro atoms. The predicted molar refractivity (Wildman–Crippen MR) is 51.5 cm³/mol. The molecule has 1 saturated heterocycles. The molecule has 0 amide bonds. The Kier molecular flexibility index (Phi) is 1.93. The van der Waals surface area contributed by atoms with Crippen LogP contribution in [0.25, 0.3) is 0 Å². The van der Waals surface area contributed by atoms with Gasteiger partial charge in [-0.3, -0.25) is 0 Å². The fraction of sp³-hybridized carbons (Fsp3) is 0.667. The summed E-state index contributed by atoms with van der Waals surface area (Å²) in [6.45, 7) is 6.67. The van der Waals surface area contributed by atoms with Gasteiger partial charge in [-0.25, -0.2) is 4.98 Å². The monoisotopic (exact) mass is 182 g/mol. The van der Waals surface area contributed by atoms with Crippen molar-refractivity contribution >= 4 is 11.3 Å². The van der Waals surface area contributed by atoms with Crippen LogP contribution in [-0.4, -0.2) is 18.1 Å². The average Bonchev–Trinajstić information content (AvgIpc) is 2.32. The lowest BCUT2D eigenvalue weighted by Gasteiger charge is -2.38. The number of hydrogen-bond acceptors (Lipinski definition) is 3. The van der Waals surface area contributed by atoms with Crippen molar-refractivity contribution in [1.29, 1.82) is 0 Å². The number of nitrogens with one attached hydrogen (secondary N) is 1.